The lowest BCUT2D eigenvalue weighted by atomic mass is 10.0. The summed E-state index contributed by atoms with van der Waals surface area (Å²) in [6.45, 7) is 4.58. The molecule has 24 heavy (non-hydrogen) atoms. The molecule has 0 saturated carbocycles. The van der Waals surface area contributed by atoms with Crippen LogP contribution in [0.2, 0.25) is 0 Å². The van der Waals surface area contributed by atoms with Crippen LogP contribution in [0.4, 0.5) is 0 Å². The van der Waals surface area contributed by atoms with Crippen LogP contribution in [0.1, 0.15) is 35.3 Å². The third-order valence-electron chi connectivity index (χ3n) is 3.85. The van der Waals surface area contributed by atoms with Gasteiger partial charge in [0.15, 0.2) is 5.78 Å². The Morgan fingerprint density at radius 2 is 2.21 bits per heavy atom. The molecule has 3 rings (SSSR count). The maximum Gasteiger partial charge on any atom is 0.185 e. The number of fused-ring (bicyclic) bond motifs is 1. The number of halogens is 1. The van der Waals surface area contributed by atoms with E-state index in [0.717, 1.165) is 33.5 Å². The van der Waals surface area contributed by atoms with Gasteiger partial charge in [-0.3, -0.25) is 4.79 Å². The highest BCUT2D eigenvalue weighted by Crippen LogP contribution is 2.35. The first-order valence-electron chi connectivity index (χ1n) is 8.01. The summed E-state index contributed by atoms with van der Waals surface area (Å²) in [6.07, 6.45) is 4.43. The molecule has 0 unspecified atom stereocenters. The third kappa shape index (κ3) is 3.70. The van der Waals surface area contributed by atoms with E-state index in [4.69, 9.17) is 9.47 Å². The van der Waals surface area contributed by atoms with Crippen molar-refractivity contribution >= 4 is 27.8 Å². The second-order valence-electron chi connectivity index (χ2n) is 5.77. The maximum absolute atomic E-state index is 12.3. The topological polar surface area (TPSA) is 35.5 Å². The molecule has 124 valence electrons. The molecular formula is C20H19BrO3. The number of ketones is 1. The van der Waals surface area contributed by atoms with Crippen molar-refractivity contribution < 1.29 is 14.3 Å². The molecule has 0 saturated heterocycles. The fourth-order valence-corrected chi connectivity index (χ4v) is 3.17. The first-order chi connectivity index (χ1) is 11.6. The Morgan fingerprint density at radius 1 is 1.38 bits per heavy atom. The molecule has 0 amide bonds. The van der Waals surface area contributed by atoms with Crippen molar-refractivity contribution in [1.29, 1.82) is 0 Å². The Kier molecular flexibility index (Phi) is 5.05. The molecular weight excluding hydrogens is 368 g/mol. The number of hydrogen-bond acceptors (Lipinski definition) is 3. The minimum atomic E-state index is -0.0477. The molecule has 0 N–H and O–H groups in total. The highest BCUT2D eigenvalue weighted by atomic mass is 79.9. The van der Waals surface area contributed by atoms with Gasteiger partial charge in [0.25, 0.3) is 0 Å². The van der Waals surface area contributed by atoms with Crippen molar-refractivity contribution in [2.24, 2.45) is 0 Å². The van der Waals surface area contributed by atoms with Crippen molar-refractivity contribution in [3.8, 4) is 11.5 Å². The minimum Gasteiger partial charge on any atom is -0.493 e. The largest absolute Gasteiger partial charge is 0.493 e. The van der Waals surface area contributed by atoms with E-state index in [0.29, 0.717) is 12.2 Å². The smallest absolute Gasteiger partial charge is 0.185 e. The van der Waals surface area contributed by atoms with E-state index in [1.165, 1.54) is 0 Å². The fraction of sp³-hybridized carbons (Fsp3) is 0.250. The molecule has 2 aromatic rings. The summed E-state index contributed by atoms with van der Waals surface area (Å²) in [5.74, 6) is 1.61. The first-order valence-corrected chi connectivity index (χ1v) is 8.80. The Morgan fingerprint density at radius 3 is 2.96 bits per heavy atom. The molecule has 0 fully saturated rings. The molecule has 1 heterocycles. The zero-order valence-corrected chi connectivity index (χ0v) is 15.3. The number of ether oxygens (including phenoxy) is 2. The molecule has 1 atom stereocenters. The van der Waals surface area contributed by atoms with E-state index in [1.54, 1.807) is 18.2 Å². The lowest BCUT2D eigenvalue weighted by Gasteiger charge is -2.10. The van der Waals surface area contributed by atoms with Gasteiger partial charge in [-0.1, -0.05) is 28.1 Å². The molecule has 0 bridgehead atoms. The number of allylic oxidation sites excluding steroid dienone is 1. The second-order valence-corrected chi connectivity index (χ2v) is 6.69. The van der Waals surface area contributed by atoms with Gasteiger partial charge in [-0.25, -0.2) is 0 Å². The average molecular weight is 387 g/mol. The Hall–Kier alpha value is -2.07. The van der Waals surface area contributed by atoms with Crippen LogP contribution < -0.4 is 9.47 Å². The van der Waals surface area contributed by atoms with Gasteiger partial charge in [0.1, 0.15) is 17.6 Å². The van der Waals surface area contributed by atoms with Crippen molar-refractivity contribution in [2.75, 3.05) is 6.61 Å². The summed E-state index contributed by atoms with van der Waals surface area (Å²) < 4.78 is 12.4. The van der Waals surface area contributed by atoms with Crippen LogP contribution in [-0.4, -0.2) is 18.5 Å². The first kappa shape index (κ1) is 16.8. The van der Waals surface area contributed by atoms with Gasteiger partial charge in [-0.05, 0) is 50.3 Å². The number of hydrogen-bond donors (Lipinski definition) is 0. The SMILES string of the molecule is CCOc1cc2c(cc1/C=C/C(=O)c1cccc(Br)c1)O[C@@H](C)C2. The number of carbonyl (C=O) groups excluding carboxylic acids is 1. The van der Waals surface area contributed by atoms with Gasteiger partial charge in [0.2, 0.25) is 0 Å². The summed E-state index contributed by atoms with van der Waals surface area (Å²) in [4.78, 5) is 12.3. The summed E-state index contributed by atoms with van der Waals surface area (Å²) in [6, 6.07) is 11.3. The molecule has 0 spiro atoms. The summed E-state index contributed by atoms with van der Waals surface area (Å²) in [5.41, 5.74) is 2.65. The number of rotatable bonds is 5. The van der Waals surface area contributed by atoms with E-state index in [2.05, 4.69) is 15.9 Å². The fourth-order valence-electron chi connectivity index (χ4n) is 2.77. The molecule has 1 aliphatic rings. The Balaban J connectivity index is 1.88. The Bertz CT molecular complexity index is 795. The van der Waals surface area contributed by atoms with E-state index in [1.807, 2.05) is 44.2 Å². The molecule has 0 aromatic heterocycles. The zero-order valence-electron chi connectivity index (χ0n) is 13.7. The van der Waals surface area contributed by atoms with Gasteiger partial charge in [-0.15, -0.1) is 0 Å². The lowest BCUT2D eigenvalue weighted by Crippen LogP contribution is -2.05. The molecule has 4 heteroatoms. The molecule has 1 aliphatic heterocycles. The van der Waals surface area contributed by atoms with E-state index in [9.17, 15) is 4.79 Å². The lowest BCUT2D eigenvalue weighted by molar-refractivity contribution is 0.104. The van der Waals surface area contributed by atoms with E-state index >= 15 is 0 Å². The van der Waals surface area contributed by atoms with E-state index in [-0.39, 0.29) is 11.9 Å². The summed E-state index contributed by atoms with van der Waals surface area (Å²) >= 11 is 3.39. The summed E-state index contributed by atoms with van der Waals surface area (Å²) in [7, 11) is 0. The van der Waals surface area contributed by atoms with Gasteiger partial charge in [-0.2, -0.15) is 0 Å². The van der Waals surface area contributed by atoms with Gasteiger partial charge < -0.3 is 9.47 Å². The van der Waals surface area contributed by atoms with Gasteiger partial charge >= 0.3 is 0 Å². The van der Waals surface area contributed by atoms with Crippen LogP contribution in [0, 0.1) is 0 Å². The van der Waals surface area contributed by atoms with Crippen LogP contribution in [0.3, 0.4) is 0 Å². The predicted octanol–water partition coefficient (Wildman–Crippen LogP) is 5.07. The highest BCUT2D eigenvalue weighted by molar-refractivity contribution is 9.10. The number of benzene rings is 2. The van der Waals surface area contributed by atoms with Crippen LogP contribution in [-0.2, 0) is 6.42 Å². The quantitative estimate of drug-likeness (QED) is 0.531. The van der Waals surface area contributed by atoms with Crippen LogP contribution in [0.15, 0.2) is 46.9 Å². The highest BCUT2D eigenvalue weighted by Gasteiger charge is 2.21. The normalized spacial score (nSPS) is 16.0. The standard InChI is InChI=1S/C20H19BrO3/c1-3-23-19-12-16-9-13(2)24-20(16)11-15(19)7-8-18(22)14-5-4-6-17(21)10-14/h4-8,10-13H,3,9H2,1-2H3/b8-7+/t13-/m0/s1. The maximum atomic E-state index is 12.3. The van der Waals surface area contributed by atoms with Crippen molar-refractivity contribution in [2.45, 2.75) is 26.4 Å². The monoisotopic (exact) mass is 386 g/mol. The van der Waals surface area contributed by atoms with E-state index < -0.39 is 0 Å². The molecule has 0 aliphatic carbocycles. The van der Waals surface area contributed by atoms with Crippen LogP contribution in [0.25, 0.3) is 6.08 Å². The van der Waals surface area contributed by atoms with Crippen molar-refractivity contribution in [3.63, 3.8) is 0 Å². The van der Waals surface area contributed by atoms with Crippen LogP contribution >= 0.6 is 15.9 Å². The third-order valence-corrected chi connectivity index (χ3v) is 4.34. The molecule has 2 aromatic carbocycles. The van der Waals surface area contributed by atoms with Gasteiger partial charge in [0.05, 0.1) is 6.61 Å². The van der Waals surface area contributed by atoms with Crippen molar-refractivity contribution in [1.82, 2.24) is 0 Å². The van der Waals surface area contributed by atoms with Crippen molar-refractivity contribution in [3.05, 3.63) is 63.6 Å². The van der Waals surface area contributed by atoms with Gasteiger partial charge in [0, 0.05) is 27.6 Å². The molecule has 3 nitrogen and oxygen atoms in total. The minimum absolute atomic E-state index is 0.0477. The average Bonchev–Trinajstić information content (AvgIpc) is 2.91. The molecule has 0 radical (unpaired) electrons. The Labute approximate surface area is 150 Å². The second kappa shape index (κ2) is 7.22. The summed E-state index contributed by atoms with van der Waals surface area (Å²) in [5, 5.41) is 0. The number of carbonyl (C=O) groups is 1. The zero-order chi connectivity index (χ0) is 17.1. The van der Waals surface area contributed by atoms with Crippen LogP contribution in [0.5, 0.6) is 11.5 Å². The predicted molar refractivity (Wildman–Crippen MR) is 98.9 cm³/mol.